The maximum atomic E-state index is 6.34. The third kappa shape index (κ3) is 6.91. The Morgan fingerprint density at radius 2 is 0.731 bits per heavy atom. The first-order valence-electron chi connectivity index (χ1n) is 22.7. The molecule has 0 saturated carbocycles. The zero-order valence-corrected chi connectivity index (χ0v) is 36.3. The summed E-state index contributed by atoms with van der Waals surface area (Å²) in [4.78, 5) is 16.1. The molecule has 0 aliphatic heterocycles. The molecule has 0 fully saturated rings. The van der Waals surface area contributed by atoms with Crippen LogP contribution < -0.4 is 0 Å². The number of nitrogens with zero attached hydrogens (tertiary/aromatic N) is 3. The van der Waals surface area contributed by atoms with E-state index in [0.29, 0.717) is 17.5 Å². The minimum absolute atomic E-state index is 0.604. The number of hydrogen-bond acceptors (Lipinski definition) is 4. The van der Waals surface area contributed by atoms with Gasteiger partial charge in [0, 0.05) is 27.5 Å². The van der Waals surface area contributed by atoms with Gasteiger partial charge < -0.3 is 4.42 Å². The molecular formula is C63H39N3O. The number of hydrogen-bond donors (Lipinski definition) is 0. The molecule has 4 heteroatoms. The molecule has 0 N–H and O–H groups in total. The molecule has 0 spiro atoms. The lowest BCUT2D eigenvalue weighted by molar-refractivity contribution is 0.669. The molecule has 0 atom stereocenters. The van der Waals surface area contributed by atoms with Crippen LogP contribution in [0.4, 0.5) is 0 Å². The predicted octanol–water partition coefficient (Wildman–Crippen LogP) is 16.9. The zero-order chi connectivity index (χ0) is 44.3. The van der Waals surface area contributed by atoms with E-state index in [2.05, 4.69) is 224 Å². The van der Waals surface area contributed by atoms with E-state index < -0.39 is 0 Å². The molecule has 11 aromatic carbocycles. The highest BCUT2D eigenvalue weighted by molar-refractivity contribution is 6.09. The Hall–Kier alpha value is -8.99. The van der Waals surface area contributed by atoms with Crippen LogP contribution in [0.5, 0.6) is 0 Å². The van der Waals surface area contributed by atoms with Crippen LogP contribution in [0.1, 0.15) is 0 Å². The van der Waals surface area contributed by atoms with Crippen LogP contribution in [0, 0.1) is 0 Å². The van der Waals surface area contributed by atoms with E-state index >= 15 is 0 Å². The van der Waals surface area contributed by atoms with E-state index in [1.165, 1.54) is 16.3 Å². The van der Waals surface area contributed by atoms with E-state index in [1.54, 1.807) is 0 Å². The third-order valence-corrected chi connectivity index (χ3v) is 13.1. The van der Waals surface area contributed by atoms with Gasteiger partial charge in [-0.05, 0) is 125 Å². The van der Waals surface area contributed by atoms with Crippen molar-refractivity contribution in [3.63, 3.8) is 0 Å². The van der Waals surface area contributed by atoms with E-state index in [9.17, 15) is 0 Å². The van der Waals surface area contributed by atoms with E-state index in [4.69, 9.17) is 19.4 Å². The first-order valence-corrected chi connectivity index (χ1v) is 22.7. The summed E-state index contributed by atoms with van der Waals surface area (Å²) in [6.45, 7) is 0. The van der Waals surface area contributed by atoms with Crippen LogP contribution in [0.15, 0.2) is 241 Å². The van der Waals surface area contributed by atoms with Gasteiger partial charge in [-0.1, -0.05) is 188 Å². The van der Waals surface area contributed by atoms with Crippen molar-refractivity contribution in [2.45, 2.75) is 0 Å². The summed E-state index contributed by atoms with van der Waals surface area (Å²) in [6, 6.07) is 83.7. The predicted molar refractivity (Wildman–Crippen MR) is 278 cm³/mol. The smallest absolute Gasteiger partial charge is 0.164 e. The topological polar surface area (TPSA) is 51.8 Å². The Balaban J connectivity index is 0.971. The van der Waals surface area contributed by atoms with Gasteiger partial charge in [0.25, 0.3) is 0 Å². The minimum atomic E-state index is 0.604. The van der Waals surface area contributed by atoms with Gasteiger partial charge in [-0.3, -0.25) is 0 Å². The summed E-state index contributed by atoms with van der Waals surface area (Å²) in [7, 11) is 0. The summed E-state index contributed by atoms with van der Waals surface area (Å²) >= 11 is 0. The first kappa shape index (κ1) is 38.5. The van der Waals surface area contributed by atoms with Crippen LogP contribution in [-0.4, -0.2) is 15.0 Å². The zero-order valence-electron chi connectivity index (χ0n) is 36.3. The van der Waals surface area contributed by atoms with Crippen LogP contribution in [0.3, 0.4) is 0 Å². The van der Waals surface area contributed by atoms with Gasteiger partial charge in [-0.2, -0.15) is 0 Å². The minimum Gasteiger partial charge on any atom is -0.456 e. The standard InChI is InChI=1S/C63H39N3O/c1-2-13-40(14-3-1)48-30-28-42-17-12-25-56(58(42)38-48)62-64-61(50-21-11-20-46(37-50)44-18-10-19-45(36-44)47-29-27-41-15-4-5-16-43(41)35-47)65-63(66-62)57-34-33-51(52-22-6-7-23-53(52)57)49-31-32-55-54-24-8-9-26-59(54)67-60(55)39-49/h1-39H. The monoisotopic (exact) mass is 853 g/mol. The number of benzene rings is 11. The summed E-state index contributed by atoms with van der Waals surface area (Å²) in [6.07, 6.45) is 0. The fourth-order valence-corrected chi connectivity index (χ4v) is 9.75. The molecule has 2 heterocycles. The van der Waals surface area contributed by atoms with Crippen LogP contribution in [-0.2, 0) is 0 Å². The molecule has 0 radical (unpaired) electrons. The molecule has 2 aromatic heterocycles. The van der Waals surface area contributed by atoms with Gasteiger partial charge in [-0.25, -0.2) is 15.0 Å². The largest absolute Gasteiger partial charge is 0.456 e. The maximum absolute atomic E-state index is 6.34. The number of furan rings is 1. The Morgan fingerprint density at radius 3 is 1.52 bits per heavy atom. The fourth-order valence-electron chi connectivity index (χ4n) is 9.75. The SMILES string of the molecule is c1ccc(-c2ccc3cccc(-c4nc(-c5cccc(-c6cccc(-c7ccc8ccccc8c7)c6)c5)nc(-c5ccc(-c6ccc7c(c6)oc6ccccc67)c6ccccc56)n4)c3c2)cc1. The Kier molecular flexibility index (Phi) is 9.14. The average molecular weight is 854 g/mol. The number of fused-ring (bicyclic) bond motifs is 6. The molecule has 312 valence electrons. The molecule has 0 bridgehead atoms. The number of rotatable bonds is 7. The second kappa shape index (κ2) is 15.9. The van der Waals surface area contributed by atoms with Crippen molar-refractivity contribution < 1.29 is 4.42 Å². The lowest BCUT2D eigenvalue weighted by Crippen LogP contribution is -2.01. The van der Waals surface area contributed by atoms with Gasteiger partial charge >= 0.3 is 0 Å². The highest BCUT2D eigenvalue weighted by atomic mass is 16.3. The summed E-state index contributed by atoms with van der Waals surface area (Å²) in [5, 5.41) is 9.03. The van der Waals surface area contributed by atoms with Crippen molar-refractivity contribution in [1.82, 2.24) is 15.0 Å². The summed E-state index contributed by atoms with van der Waals surface area (Å²) < 4.78 is 6.34. The maximum Gasteiger partial charge on any atom is 0.164 e. The van der Waals surface area contributed by atoms with Crippen molar-refractivity contribution in [2.75, 3.05) is 0 Å². The van der Waals surface area contributed by atoms with E-state index in [-0.39, 0.29) is 0 Å². The van der Waals surface area contributed by atoms with Gasteiger partial charge in [-0.15, -0.1) is 0 Å². The molecule has 4 nitrogen and oxygen atoms in total. The quantitative estimate of drug-likeness (QED) is 0.160. The number of para-hydroxylation sites is 1. The first-order chi connectivity index (χ1) is 33.2. The van der Waals surface area contributed by atoms with Crippen molar-refractivity contribution in [2.24, 2.45) is 0 Å². The fraction of sp³-hybridized carbons (Fsp3) is 0. The molecule has 0 aliphatic carbocycles. The van der Waals surface area contributed by atoms with Crippen molar-refractivity contribution in [3.05, 3.63) is 237 Å². The van der Waals surface area contributed by atoms with Crippen LogP contribution in [0.25, 0.3) is 133 Å². The van der Waals surface area contributed by atoms with Gasteiger partial charge in [0.2, 0.25) is 0 Å². The van der Waals surface area contributed by atoms with Gasteiger partial charge in [0.05, 0.1) is 0 Å². The summed E-state index contributed by atoms with van der Waals surface area (Å²) in [5.74, 6) is 1.82. The van der Waals surface area contributed by atoms with Crippen LogP contribution >= 0.6 is 0 Å². The molecule has 0 saturated heterocycles. The van der Waals surface area contributed by atoms with Gasteiger partial charge in [0.15, 0.2) is 17.5 Å². The Labute approximate surface area is 387 Å². The highest BCUT2D eigenvalue weighted by Gasteiger charge is 2.19. The third-order valence-electron chi connectivity index (χ3n) is 13.1. The molecule has 0 aliphatic rings. The second-order valence-electron chi connectivity index (χ2n) is 17.2. The number of aromatic nitrogens is 3. The van der Waals surface area contributed by atoms with Crippen molar-refractivity contribution >= 4 is 54.3 Å². The van der Waals surface area contributed by atoms with Crippen LogP contribution in [0.2, 0.25) is 0 Å². The lowest BCUT2D eigenvalue weighted by atomic mass is 9.94. The van der Waals surface area contributed by atoms with E-state index in [0.717, 1.165) is 99.1 Å². The molecule has 13 aromatic rings. The molecular weight excluding hydrogens is 815 g/mol. The van der Waals surface area contributed by atoms with Crippen molar-refractivity contribution in [3.8, 4) is 78.7 Å². The molecule has 67 heavy (non-hydrogen) atoms. The Bertz CT molecular complexity index is 4060. The molecule has 13 rings (SSSR count). The Morgan fingerprint density at radius 1 is 0.224 bits per heavy atom. The summed E-state index contributed by atoms with van der Waals surface area (Å²) in [5.41, 5.74) is 13.6. The second-order valence-corrected chi connectivity index (χ2v) is 17.2. The molecule has 0 unspecified atom stereocenters. The lowest BCUT2D eigenvalue weighted by Gasteiger charge is -2.14. The highest BCUT2D eigenvalue weighted by Crippen LogP contribution is 2.40. The van der Waals surface area contributed by atoms with Gasteiger partial charge in [0.1, 0.15) is 11.2 Å². The van der Waals surface area contributed by atoms with Crippen molar-refractivity contribution in [1.29, 1.82) is 0 Å². The van der Waals surface area contributed by atoms with E-state index in [1.807, 2.05) is 12.1 Å². The normalized spacial score (nSPS) is 11.6. The molecule has 0 amide bonds. The average Bonchev–Trinajstić information content (AvgIpc) is 3.78.